The van der Waals surface area contributed by atoms with Gasteiger partial charge in [0.2, 0.25) is 0 Å². The smallest absolute Gasteiger partial charge is 0.292 e. The van der Waals surface area contributed by atoms with Crippen molar-refractivity contribution in [1.29, 1.82) is 0 Å². The van der Waals surface area contributed by atoms with Crippen LogP contribution in [0.1, 0.15) is 10.4 Å². The van der Waals surface area contributed by atoms with Crippen molar-refractivity contribution in [3.8, 4) is 0 Å². The summed E-state index contributed by atoms with van der Waals surface area (Å²) in [5.74, 6) is -0.570. The van der Waals surface area contributed by atoms with Crippen molar-refractivity contribution < 1.29 is 14.2 Å². The van der Waals surface area contributed by atoms with Gasteiger partial charge in [0.25, 0.3) is 11.6 Å². The van der Waals surface area contributed by atoms with Gasteiger partial charge in [-0.05, 0) is 6.07 Å². The summed E-state index contributed by atoms with van der Waals surface area (Å²) in [6.45, 7) is 0. The van der Waals surface area contributed by atoms with E-state index in [-0.39, 0.29) is 16.9 Å². The van der Waals surface area contributed by atoms with Crippen molar-refractivity contribution in [3.05, 3.63) is 46.3 Å². The van der Waals surface area contributed by atoms with E-state index in [0.717, 1.165) is 0 Å². The van der Waals surface area contributed by atoms with E-state index in [2.05, 4.69) is 15.0 Å². The minimum absolute atomic E-state index is 0.0189. The molecule has 0 atom stereocenters. The Labute approximate surface area is 101 Å². The van der Waals surface area contributed by atoms with Gasteiger partial charge in [-0.2, -0.15) is 0 Å². The summed E-state index contributed by atoms with van der Waals surface area (Å²) >= 11 is 0. The Morgan fingerprint density at radius 2 is 2.28 bits per heavy atom. The highest BCUT2D eigenvalue weighted by Crippen LogP contribution is 2.25. The summed E-state index contributed by atoms with van der Waals surface area (Å²) in [4.78, 5) is 21.9. The first-order chi connectivity index (χ1) is 8.59. The number of nitrogens with zero attached hydrogens (tertiary/aromatic N) is 2. The zero-order valence-corrected chi connectivity index (χ0v) is 8.99. The monoisotopic (exact) mass is 248 g/mol. The first-order valence-corrected chi connectivity index (χ1v) is 4.83. The summed E-state index contributed by atoms with van der Waals surface area (Å²) in [6, 6.07) is 4.01. The quantitative estimate of drug-likeness (QED) is 0.480. The largest absolute Gasteiger partial charge is 0.393 e. The third kappa shape index (κ3) is 2.12. The standard InChI is InChI=1S/C10H8N4O4/c11-9-7(2-1-3-8(9)14(16)17)10(15)13-6-4-12-18-5-6/h1-5H,11H2,(H,13,15). The van der Waals surface area contributed by atoms with E-state index in [4.69, 9.17) is 5.73 Å². The Kier molecular flexibility index (Phi) is 2.92. The Morgan fingerprint density at radius 1 is 1.50 bits per heavy atom. The van der Waals surface area contributed by atoms with Crippen LogP contribution in [0.5, 0.6) is 0 Å². The number of anilines is 2. The molecule has 0 unspecified atom stereocenters. The molecule has 2 aromatic rings. The number of nitro groups is 1. The second kappa shape index (κ2) is 4.53. The molecule has 0 aliphatic heterocycles. The predicted octanol–water partition coefficient (Wildman–Crippen LogP) is 1.42. The summed E-state index contributed by atoms with van der Waals surface area (Å²) in [7, 11) is 0. The normalized spacial score (nSPS) is 10.0. The van der Waals surface area contributed by atoms with E-state index in [9.17, 15) is 14.9 Å². The molecule has 0 fully saturated rings. The molecule has 0 bridgehead atoms. The van der Waals surface area contributed by atoms with Crippen LogP contribution in [-0.2, 0) is 0 Å². The molecule has 1 aromatic heterocycles. The fourth-order valence-corrected chi connectivity index (χ4v) is 1.38. The van der Waals surface area contributed by atoms with E-state index < -0.39 is 10.8 Å². The van der Waals surface area contributed by atoms with Gasteiger partial charge in [-0.15, -0.1) is 0 Å². The van der Waals surface area contributed by atoms with Crippen LogP contribution in [0.3, 0.4) is 0 Å². The van der Waals surface area contributed by atoms with E-state index >= 15 is 0 Å². The van der Waals surface area contributed by atoms with Gasteiger partial charge >= 0.3 is 0 Å². The molecule has 3 N–H and O–H groups in total. The second-order valence-corrected chi connectivity index (χ2v) is 3.36. The number of nitrogens with two attached hydrogens (primary N) is 1. The number of nitrogens with one attached hydrogen (secondary N) is 1. The Bertz CT molecular complexity index is 594. The molecule has 0 spiro atoms. The number of carbonyl (C=O) groups is 1. The molecule has 0 saturated carbocycles. The van der Waals surface area contributed by atoms with E-state index in [0.29, 0.717) is 5.69 Å². The molecule has 0 aliphatic carbocycles. The highest BCUT2D eigenvalue weighted by molar-refractivity contribution is 6.08. The summed E-state index contributed by atoms with van der Waals surface area (Å²) in [5, 5.41) is 16.5. The van der Waals surface area contributed by atoms with Gasteiger partial charge in [-0.25, -0.2) is 0 Å². The lowest BCUT2D eigenvalue weighted by atomic mass is 10.1. The van der Waals surface area contributed by atoms with Crippen molar-refractivity contribution in [2.75, 3.05) is 11.1 Å². The molecule has 1 heterocycles. The predicted molar refractivity (Wildman–Crippen MR) is 62.0 cm³/mol. The van der Waals surface area contributed by atoms with Gasteiger partial charge in [0, 0.05) is 6.07 Å². The van der Waals surface area contributed by atoms with Gasteiger partial charge in [0.05, 0.1) is 16.7 Å². The van der Waals surface area contributed by atoms with E-state index in [1.54, 1.807) is 0 Å². The molecule has 1 amide bonds. The van der Waals surface area contributed by atoms with Crippen molar-refractivity contribution in [3.63, 3.8) is 0 Å². The number of benzene rings is 1. The summed E-state index contributed by atoms with van der Waals surface area (Å²) < 4.78 is 4.54. The van der Waals surface area contributed by atoms with Gasteiger partial charge in [-0.1, -0.05) is 11.2 Å². The molecular formula is C10H8N4O4. The van der Waals surface area contributed by atoms with Crippen LogP contribution in [0, 0.1) is 10.1 Å². The third-order valence-electron chi connectivity index (χ3n) is 2.21. The summed E-state index contributed by atoms with van der Waals surface area (Å²) in [6.07, 6.45) is 2.52. The van der Waals surface area contributed by atoms with Crippen LogP contribution in [-0.4, -0.2) is 16.0 Å². The summed E-state index contributed by atoms with van der Waals surface area (Å²) in [5.41, 5.74) is 5.43. The Morgan fingerprint density at radius 3 is 2.89 bits per heavy atom. The second-order valence-electron chi connectivity index (χ2n) is 3.36. The van der Waals surface area contributed by atoms with Gasteiger partial charge in [0.15, 0.2) is 0 Å². The molecule has 8 nitrogen and oxygen atoms in total. The molecule has 18 heavy (non-hydrogen) atoms. The number of nitrogen functional groups attached to an aromatic ring is 1. The molecule has 0 aliphatic rings. The van der Waals surface area contributed by atoms with E-state index in [1.807, 2.05) is 0 Å². The average molecular weight is 248 g/mol. The first-order valence-electron chi connectivity index (χ1n) is 4.83. The van der Waals surface area contributed by atoms with Crippen molar-refractivity contribution >= 4 is 23.0 Å². The number of hydrogen-bond acceptors (Lipinski definition) is 6. The number of carbonyl (C=O) groups excluding carboxylic acids is 1. The molecule has 1 aromatic carbocycles. The number of aromatic nitrogens is 1. The molecular weight excluding hydrogens is 240 g/mol. The number of rotatable bonds is 3. The van der Waals surface area contributed by atoms with Gasteiger partial charge in [0.1, 0.15) is 17.6 Å². The van der Waals surface area contributed by atoms with Crippen molar-refractivity contribution in [2.45, 2.75) is 0 Å². The fourth-order valence-electron chi connectivity index (χ4n) is 1.38. The fraction of sp³-hybridized carbons (Fsp3) is 0. The van der Waals surface area contributed by atoms with Crippen LogP contribution in [0.2, 0.25) is 0 Å². The van der Waals surface area contributed by atoms with Crippen molar-refractivity contribution in [1.82, 2.24) is 5.16 Å². The van der Waals surface area contributed by atoms with Gasteiger partial charge in [-0.3, -0.25) is 14.9 Å². The zero-order chi connectivity index (χ0) is 13.1. The van der Waals surface area contributed by atoms with Crippen LogP contribution >= 0.6 is 0 Å². The maximum atomic E-state index is 11.8. The minimum atomic E-state index is -0.647. The lowest BCUT2D eigenvalue weighted by Gasteiger charge is -2.05. The maximum absolute atomic E-state index is 11.8. The first kappa shape index (κ1) is 11.6. The van der Waals surface area contributed by atoms with Crippen LogP contribution < -0.4 is 11.1 Å². The highest BCUT2D eigenvalue weighted by Gasteiger charge is 2.19. The maximum Gasteiger partial charge on any atom is 0.292 e. The highest BCUT2D eigenvalue weighted by atomic mass is 16.6. The van der Waals surface area contributed by atoms with Crippen LogP contribution in [0.25, 0.3) is 0 Å². The number of amides is 1. The SMILES string of the molecule is Nc1c(C(=O)Nc2cnoc2)cccc1[N+](=O)[O-]. The topological polar surface area (TPSA) is 124 Å². The van der Waals surface area contributed by atoms with Crippen molar-refractivity contribution in [2.24, 2.45) is 0 Å². The van der Waals surface area contributed by atoms with Gasteiger partial charge < -0.3 is 15.6 Å². The molecule has 8 heteroatoms. The molecule has 0 radical (unpaired) electrons. The number of para-hydroxylation sites is 1. The minimum Gasteiger partial charge on any atom is -0.393 e. The van der Waals surface area contributed by atoms with E-state index in [1.165, 1.54) is 30.7 Å². The zero-order valence-electron chi connectivity index (χ0n) is 8.99. The molecule has 0 saturated heterocycles. The lowest BCUT2D eigenvalue weighted by molar-refractivity contribution is -0.383. The Balaban J connectivity index is 2.31. The van der Waals surface area contributed by atoms with Crippen LogP contribution in [0.4, 0.5) is 17.1 Å². The number of nitro benzene ring substituents is 1. The molecule has 92 valence electrons. The lowest BCUT2D eigenvalue weighted by Crippen LogP contribution is -2.14. The number of hydrogen-bond donors (Lipinski definition) is 2. The Hall–Kier alpha value is -2.90. The average Bonchev–Trinajstić information content (AvgIpc) is 2.81. The molecule has 2 rings (SSSR count). The van der Waals surface area contributed by atoms with Crippen LogP contribution in [0.15, 0.2) is 35.2 Å². The third-order valence-corrected chi connectivity index (χ3v) is 2.21.